The Morgan fingerprint density at radius 3 is 2.38 bits per heavy atom. The van der Waals surface area contributed by atoms with Crippen LogP contribution >= 0.6 is 0 Å². The van der Waals surface area contributed by atoms with E-state index in [1.54, 1.807) is 0 Å². The van der Waals surface area contributed by atoms with Gasteiger partial charge in [-0.3, -0.25) is 0 Å². The monoisotopic (exact) mass is 531 g/mol. The number of piperidine rings is 1. The Morgan fingerprint density at radius 1 is 1.11 bits per heavy atom. The third kappa shape index (κ3) is 6.67. The minimum atomic E-state index is -4.89. The van der Waals surface area contributed by atoms with Crippen LogP contribution in [0.15, 0.2) is 22.6 Å². The van der Waals surface area contributed by atoms with Crippen molar-refractivity contribution in [2.24, 2.45) is 0 Å². The number of benzene rings is 1. The topological polar surface area (TPSA) is 91.4 Å². The molecule has 1 aliphatic carbocycles. The normalized spacial score (nSPS) is 25.8. The Balaban J connectivity index is 1.69. The van der Waals surface area contributed by atoms with Gasteiger partial charge in [0, 0.05) is 17.6 Å². The van der Waals surface area contributed by atoms with Gasteiger partial charge in [0.2, 0.25) is 5.89 Å². The van der Waals surface area contributed by atoms with Crippen LogP contribution in [-0.4, -0.2) is 43.7 Å². The molecule has 4 rings (SSSR count). The lowest BCUT2D eigenvalue weighted by Crippen LogP contribution is -2.65. The summed E-state index contributed by atoms with van der Waals surface area (Å²) in [6, 6.07) is 2.09. The van der Waals surface area contributed by atoms with E-state index in [9.17, 15) is 32.2 Å². The van der Waals surface area contributed by atoms with Crippen molar-refractivity contribution in [3.8, 4) is 0 Å². The fourth-order valence-corrected chi connectivity index (χ4v) is 6.18. The zero-order chi connectivity index (χ0) is 26.8. The average molecular weight is 532 g/mol. The summed E-state index contributed by atoms with van der Waals surface area (Å²) in [6.07, 6.45) is 1.02. The molecule has 1 aromatic carbocycles. The van der Waals surface area contributed by atoms with Crippen molar-refractivity contribution in [1.82, 2.24) is 15.5 Å². The van der Waals surface area contributed by atoms with E-state index in [0.717, 1.165) is 57.1 Å². The van der Waals surface area contributed by atoms with E-state index in [-0.39, 0.29) is 18.4 Å². The lowest BCUT2D eigenvalue weighted by molar-refractivity contribution is -0.157. The van der Waals surface area contributed by atoms with E-state index in [1.165, 1.54) is 0 Å². The minimum absolute atomic E-state index is 0.123. The second-order valence-corrected chi connectivity index (χ2v) is 10.8. The molecular weight excluding hydrogens is 497 g/mol. The van der Waals surface area contributed by atoms with Gasteiger partial charge >= 0.3 is 12.1 Å². The van der Waals surface area contributed by atoms with Crippen molar-refractivity contribution < 1.29 is 36.6 Å². The Bertz CT molecular complexity index is 1040. The van der Waals surface area contributed by atoms with Gasteiger partial charge in [0.25, 0.3) is 0 Å². The first-order valence-electron chi connectivity index (χ1n) is 13.0. The molecule has 37 heavy (non-hydrogen) atoms. The average Bonchev–Trinajstić information content (AvgIpc) is 3.31. The van der Waals surface area contributed by atoms with Crippen LogP contribution in [-0.2, 0) is 12.6 Å². The van der Waals surface area contributed by atoms with Crippen LogP contribution in [0.25, 0.3) is 0 Å². The number of nitrogens with one attached hydrogen (secondary N) is 1. The zero-order valence-corrected chi connectivity index (χ0v) is 20.8. The number of aromatic nitrogens is 2. The van der Waals surface area contributed by atoms with Crippen LogP contribution in [0.1, 0.15) is 94.4 Å². The van der Waals surface area contributed by atoms with Crippen molar-refractivity contribution in [3.05, 3.63) is 47.2 Å². The smallest absolute Gasteiger partial charge is 0.417 e. The summed E-state index contributed by atoms with van der Waals surface area (Å²) < 4.78 is 72.4. The predicted octanol–water partition coefficient (Wildman–Crippen LogP) is 5.43. The Labute approximate surface area is 212 Å². The van der Waals surface area contributed by atoms with Crippen molar-refractivity contribution in [2.75, 3.05) is 0 Å². The number of aliphatic hydroxyl groups excluding tert-OH is 1. The summed E-state index contributed by atoms with van der Waals surface area (Å²) in [5.74, 6) is -4.95. The van der Waals surface area contributed by atoms with Crippen LogP contribution in [0.2, 0.25) is 0 Å². The molecule has 2 heterocycles. The van der Waals surface area contributed by atoms with E-state index in [4.69, 9.17) is 4.42 Å². The van der Waals surface area contributed by atoms with E-state index >= 15 is 0 Å². The molecule has 2 aromatic rings. The molecule has 4 unspecified atom stereocenters. The summed E-state index contributed by atoms with van der Waals surface area (Å²) >= 11 is 0. The molecule has 0 bridgehead atoms. The molecule has 1 aromatic heterocycles. The molecule has 3 N–H and O–H groups in total. The fourth-order valence-electron chi connectivity index (χ4n) is 6.18. The number of hydrogen-bond donors (Lipinski definition) is 3. The molecule has 2 aliphatic rings. The van der Waals surface area contributed by atoms with E-state index in [0.29, 0.717) is 18.9 Å². The molecule has 206 valence electrons. The number of rotatable bonds is 8. The lowest BCUT2D eigenvalue weighted by atomic mass is 9.66. The van der Waals surface area contributed by atoms with Gasteiger partial charge in [0.15, 0.2) is 0 Å². The van der Waals surface area contributed by atoms with Crippen molar-refractivity contribution in [1.29, 1.82) is 0 Å². The molecular formula is C26H34F5N3O3. The molecule has 6 nitrogen and oxygen atoms in total. The maximum absolute atomic E-state index is 13.9. The summed E-state index contributed by atoms with van der Waals surface area (Å²) in [4.78, 5) is 0. The second kappa shape index (κ2) is 10.9. The standard InChI is InChI=1S/C26H34F5N3O3/c1-2-3-9-25(36)14-20(32-24(15-25)7-5-4-6-8-24)21(35)19(12-16-10-17(27)13-18(28)11-16)22-33-34-23(37-22)26(29,30)31/h10-11,13,19-21,32,35-36H,2-9,12,14-15H2,1H3. The highest BCUT2D eigenvalue weighted by molar-refractivity contribution is 5.21. The number of halogens is 5. The second-order valence-electron chi connectivity index (χ2n) is 10.8. The largest absolute Gasteiger partial charge is 0.470 e. The van der Waals surface area contributed by atoms with Gasteiger partial charge in [-0.2, -0.15) is 13.2 Å². The van der Waals surface area contributed by atoms with Crippen LogP contribution in [0.5, 0.6) is 0 Å². The van der Waals surface area contributed by atoms with Gasteiger partial charge in [-0.1, -0.05) is 39.0 Å². The fraction of sp³-hybridized carbons (Fsp3) is 0.692. The van der Waals surface area contributed by atoms with Crippen molar-refractivity contribution in [3.63, 3.8) is 0 Å². The number of nitrogens with zero attached hydrogens (tertiary/aromatic N) is 2. The van der Waals surface area contributed by atoms with Gasteiger partial charge in [-0.05, 0) is 56.2 Å². The SMILES string of the molecule is CCCCC1(O)CC(C(O)C(Cc2cc(F)cc(F)c2)c2nnc(C(F)(F)F)o2)NC2(CCCCC2)C1. The van der Waals surface area contributed by atoms with Gasteiger partial charge in [-0.25, -0.2) is 8.78 Å². The summed E-state index contributed by atoms with van der Waals surface area (Å²) in [7, 11) is 0. The van der Waals surface area contributed by atoms with Crippen molar-refractivity contribution in [2.45, 2.75) is 113 Å². The minimum Gasteiger partial charge on any atom is -0.417 e. The van der Waals surface area contributed by atoms with Gasteiger partial charge in [-0.15, -0.1) is 10.2 Å². The maximum Gasteiger partial charge on any atom is 0.470 e. The van der Waals surface area contributed by atoms with Crippen LogP contribution < -0.4 is 5.32 Å². The van der Waals surface area contributed by atoms with Crippen molar-refractivity contribution >= 4 is 0 Å². The molecule has 1 spiro atoms. The Morgan fingerprint density at radius 2 is 1.78 bits per heavy atom. The highest BCUT2D eigenvalue weighted by Gasteiger charge is 2.50. The third-order valence-corrected chi connectivity index (χ3v) is 7.77. The third-order valence-electron chi connectivity index (χ3n) is 7.77. The summed E-state index contributed by atoms with van der Waals surface area (Å²) in [5.41, 5.74) is -1.35. The number of alkyl halides is 3. The molecule has 2 fully saturated rings. The predicted molar refractivity (Wildman–Crippen MR) is 125 cm³/mol. The zero-order valence-electron chi connectivity index (χ0n) is 20.8. The summed E-state index contributed by atoms with van der Waals surface area (Å²) in [5, 5.41) is 33.4. The number of hydrogen-bond acceptors (Lipinski definition) is 6. The molecule has 0 radical (unpaired) electrons. The highest BCUT2D eigenvalue weighted by Crippen LogP contribution is 2.44. The first-order chi connectivity index (χ1) is 17.4. The lowest BCUT2D eigenvalue weighted by Gasteiger charge is -2.53. The molecule has 11 heteroatoms. The molecule has 4 atom stereocenters. The molecule has 0 amide bonds. The Hall–Kier alpha value is -2.11. The van der Waals surface area contributed by atoms with E-state index < -0.39 is 58.8 Å². The van der Waals surface area contributed by atoms with Gasteiger partial charge < -0.3 is 19.9 Å². The van der Waals surface area contributed by atoms with Crippen LogP contribution in [0, 0.1) is 11.6 Å². The highest BCUT2D eigenvalue weighted by atomic mass is 19.4. The first kappa shape index (κ1) is 27.9. The van der Waals surface area contributed by atoms with Gasteiger partial charge in [0.1, 0.15) is 11.6 Å². The van der Waals surface area contributed by atoms with Crippen LogP contribution in [0.4, 0.5) is 22.0 Å². The Kier molecular flexibility index (Phi) is 8.25. The van der Waals surface area contributed by atoms with E-state index in [2.05, 4.69) is 15.5 Å². The molecule has 1 aliphatic heterocycles. The molecule has 1 saturated carbocycles. The van der Waals surface area contributed by atoms with E-state index in [1.807, 2.05) is 6.92 Å². The number of unbranched alkanes of at least 4 members (excludes halogenated alkanes) is 1. The number of aliphatic hydroxyl groups is 2. The first-order valence-corrected chi connectivity index (χ1v) is 13.0. The summed E-state index contributed by atoms with van der Waals surface area (Å²) in [6.45, 7) is 2.02. The maximum atomic E-state index is 13.9. The van der Waals surface area contributed by atoms with Crippen LogP contribution in [0.3, 0.4) is 0 Å². The quantitative estimate of drug-likeness (QED) is 0.394. The van der Waals surface area contributed by atoms with Gasteiger partial charge in [0.05, 0.1) is 17.6 Å². The molecule has 1 saturated heterocycles.